The van der Waals surface area contributed by atoms with E-state index in [9.17, 15) is 9.59 Å². The summed E-state index contributed by atoms with van der Waals surface area (Å²) in [5, 5.41) is 12.4. The van der Waals surface area contributed by atoms with Crippen LogP contribution in [0.3, 0.4) is 0 Å². The lowest BCUT2D eigenvalue weighted by Gasteiger charge is -2.63. The van der Waals surface area contributed by atoms with Gasteiger partial charge in [0.1, 0.15) is 17.9 Å². The maximum Gasteiger partial charge on any atom is 0.344 e. The van der Waals surface area contributed by atoms with Crippen molar-refractivity contribution in [2.45, 2.75) is 39.8 Å². The van der Waals surface area contributed by atoms with E-state index in [0.29, 0.717) is 16.3 Å². The van der Waals surface area contributed by atoms with Crippen LogP contribution in [0.1, 0.15) is 43.6 Å². The van der Waals surface area contributed by atoms with Gasteiger partial charge in [-0.15, -0.1) is 0 Å². The summed E-state index contributed by atoms with van der Waals surface area (Å²) in [4.78, 5) is 29.6. The van der Waals surface area contributed by atoms with Gasteiger partial charge in [0.15, 0.2) is 0 Å². The molecule has 1 aromatic heterocycles. The maximum atomic E-state index is 12.6. The summed E-state index contributed by atoms with van der Waals surface area (Å²) >= 11 is 6.10. The van der Waals surface area contributed by atoms with Gasteiger partial charge >= 0.3 is 5.69 Å². The number of amides is 1. The largest absolute Gasteiger partial charge is 0.489 e. The van der Waals surface area contributed by atoms with Crippen LogP contribution in [0.25, 0.3) is 0 Å². The zero-order valence-corrected chi connectivity index (χ0v) is 16.8. The molecule has 0 spiro atoms. The standard InChI is InChI=1S/C20H21ClN4O3/c1-19(2)16(25-15(26)12-9-23-18(27)24-10-12)20(3,4)17(19)28-13-6-5-11(8-22)14(21)7-13/h5-7,9-10,16-17H,1-4H3,(H,25,26)(H,23,24,27). The molecule has 1 aromatic carbocycles. The lowest BCUT2D eigenvalue weighted by Crippen LogP contribution is -2.74. The normalized spacial score (nSPS) is 21.9. The van der Waals surface area contributed by atoms with E-state index in [4.69, 9.17) is 21.6 Å². The number of carbonyl (C=O) groups is 1. The minimum absolute atomic E-state index is 0.168. The summed E-state index contributed by atoms with van der Waals surface area (Å²) < 4.78 is 6.19. The Kier molecular flexibility index (Phi) is 4.94. The van der Waals surface area contributed by atoms with Crippen molar-refractivity contribution >= 4 is 17.5 Å². The van der Waals surface area contributed by atoms with E-state index < -0.39 is 5.69 Å². The fourth-order valence-corrected chi connectivity index (χ4v) is 4.49. The van der Waals surface area contributed by atoms with Crippen LogP contribution in [-0.4, -0.2) is 28.0 Å². The molecule has 1 aliphatic rings. The number of hydrogen-bond acceptors (Lipinski definition) is 5. The van der Waals surface area contributed by atoms with Crippen LogP contribution in [-0.2, 0) is 0 Å². The predicted octanol–water partition coefficient (Wildman–Crippen LogP) is 2.91. The Balaban J connectivity index is 1.77. The maximum absolute atomic E-state index is 12.6. The number of H-pyrrole nitrogens is 1. The van der Waals surface area contributed by atoms with Gasteiger partial charge in [-0.1, -0.05) is 39.3 Å². The lowest BCUT2D eigenvalue weighted by atomic mass is 9.49. The second kappa shape index (κ2) is 6.95. The monoisotopic (exact) mass is 400 g/mol. The Morgan fingerprint density at radius 3 is 2.54 bits per heavy atom. The molecule has 0 saturated heterocycles. The number of nitrogens with zero attached hydrogens (tertiary/aromatic N) is 2. The van der Waals surface area contributed by atoms with E-state index in [0.717, 1.165) is 0 Å². The number of aromatic nitrogens is 2. The van der Waals surface area contributed by atoms with E-state index in [-0.39, 0.29) is 34.4 Å². The van der Waals surface area contributed by atoms with E-state index in [1.54, 1.807) is 18.2 Å². The van der Waals surface area contributed by atoms with Crippen molar-refractivity contribution in [3.8, 4) is 11.8 Å². The SMILES string of the molecule is CC1(C)C(NC(=O)c2cnc(=O)[nH]c2)C(C)(C)C1Oc1ccc(C#N)c(Cl)c1. The second-order valence-electron chi connectivity index (χ2n) is 8.11. The third-order valence-electron chi connectivity index (χ3n) is 5.36. The molecule has 0 atom stereocenters. The molecule has 0 unspecified atom stereocenters. The molecule has 1 saturated carbocycles. The van der Waals surface area contributed by atoms with Gasteiger partial charge in [0.25, 0.3) is 5.91 Å². The highest BCUT2D eigenvalue weighted by atomic mass is 35.5. The number of rotatable bonds is 4. The van der Waals surface area contributed by atoms with Crippen molar-refractivity contribution in [1.29, 1.82) is 5.26 Å². The molecule has 1 heterocycles. The van der Waals surface area contributed by atoms with Crippen LogP contribution in [0.15, 0.2) is 35.4 Å². The molecule has 0 radical (unpaired) electrons. The molecular weight excluding hydrogens is 380 g/mol. The highest BCUT2D eigenvalue weighted by Crippen LogP contribution is 2.55. The Morgan fingerprint density at radius 1 is 1.32 bits per heavy atom. The van der Waals surface area contributed by atoms with Gasteiger partial charge in [-0.25, -0.2) is 9.78 Å². The number of halogens is 1. The first-order chi connectivity index (χ1) is 13.1. The fraction of sp³-hybridized carbons (Fsp3) is 0.400. The van der Waals surface area contributed by atoms with Gasteiger partial charge in [0.05, 0.1) is 16.1 Å². The van der Waals surface area contributed by atoms with Crippen molar-refractivity contribution < 1.29 is 9.53 Å². The lowest BCUT2D eigenvalue weighted by molar-refractivity contribution is -0.164. The molecule has 1 aliphatic carbocycles. The number of nitrogens with one attached hydrogen (secondary N) is 2. The first kappa shape index (κ1) is 19.9. The van der Waals surface area contributed by atoms with Crippen LogP contribution in [0, 0.1) is 22.2 Å². The fourth-order valence-electron chi connectivity index (χ4n) is 4.28. The van der Waals surface area contributed by atoms with Gasteiger partial charge in [-0.3, -0.25) is 4.79 Å². The number of ether oxygens (including phenoxy) is 1. The average molecular weight is 401 g/mol. The van der Waals surface area contributed by atoms with Gasteiger partial charge < -0.3 is 15.0 Å². The summed E-state index contributed by atoms with van der Waals surface area (Å²) in [6.07, 6.45) is 2.40. The molecule has 146 valence electrons. The quantitative estimate of drug-likeness (QED) is 0.820. The highest BCUT2D eigenvalue weighted by molar-refractivity contribution is 6.31. The third-order valence-corrected chi connectivity index (χ3v) is 5.68. The van der Waals surface area contributed by atoms with Crippen LogP contribution in [0.5, 0.6) is 5.75 Å². The van der Waals surface area contributed by atoms with Crippen LogP contribution >= 0.6 is 11.6 Å². The molecule has 2 aromatic rings. The van der Waals surface area contributed by atoms with Crippen molar-refractivity contribution in [3.63, 3.8) is 0 Å². The van der Waals surface area contributed by atoms with Gasteiger partial charge in [0.2, 0.25) is 0 Å². The molecule has 3 rings (SSSR count). The third kappa shape index (κ3) is 3.36. The van der Waals surface area contributed by atoms with Gasteiger partial charge in [0, 0.05) is 35.3 Å². The molecule has 0 bridgehead atoms. The summed E-state index contributed by atoms with van der Waals surface area (Å²) in [5.74, 6) is 0.263. The van der Waals surface area contributed by atoms with Crippen molar-refractivity contribution in [2.24, 2.45) is 10.8 Å². The van der Waals surface area contributed by atoms with E-state index in [1.807, 2.05) is 33.8 Å². The van der Waals surface area contributed by atoms with Crippen LogP contribution < -0.4 is 15.7 Å². The zero-order valence-electron chi connectivity index (χ0n) is 16.0. The molecule has 28 heavy (non-hydrogen) atoms. The summed E-state index contributed by atoms with van der Waals surface area (Å²) in [5.41, 5.74) is -0.560. The summed E-state index contributed by atoms with van der Waals surface area (Å²) in [6.45, 7) is 8.07. The van der Waals surface area contributed by atoms with Gasteiger partial charge in [-0.2, -0.15) is 5.26 Å². The molecule has 1 fully saturated rings. The number of aromatic amines is 1. The van der Waals surface area contributed by atoms with Crippen LogP contribution in [0.2, 0.25) is 5.02 Å². The number of benzene rings is 1. The molecular formula is C20H21ClN4O3. The van der Waals surface area contributed by atoms with E-state index in [2.05, 4.69) is 15.3 Å². The molecule has 0 aliphatic heterocycles. The highest BCUT2D eigenvalue weighted by Gasteiger charge is 2.64. The molecule has 1 amide bonds. The minimum atomic E-state index is -0.504. The number of nitriles is 1. The Hall–Kier alpha value is -2.85. The Morgan fingerprint density at radius 2 is 2.00 bits per heavy atom. The van der Waals surface area contributed by atoms with Gasteiger partial charge in [-0.05, 0) is 12.1 Å². The first-order valence-corrected chi connectivity index (χ1v) is 9.17. The zero-order chi connectivity index (χ0) is 20.7. The number of hydrogen-bond donors (Lipinski definition) is 2. The van der Waals surface area contributed by atoms with Crippen molar-refractivity contribution in [2.75, 3.05) is 0 Å². The van der Waals surface area contributed by atoms with E-state index >= 15 is 0 Å². The van der Waals surface area contributed by atoms with Crippen LogP contribution in [0.4, 0.5) is 0 Å². The Labute approximate surface area is 167 Å². The van der Waals surface area contributed by atoms with Crippen molar-refractivity contribution in [3.05, 3.63) is 57.2 Å². The molecule has 7 nitrogen and oxygen atoms in total. The first-order valence-electron chi connectivity index (χ1n) is 8.79. The molecule has 8 heteroatoms. The smallest absolute Gasteiger partial charge is 0.344 e. The number of carbonyl (C=O) groups excluding carboxylic acids is 1. The summed E-state index contributed by atoms with van der Waals surface area (Å²) in [6, 6.07) is 6.82. The Bertz CT molecular complexity index is 986. The predicted molar refractivity (Wildman–Crippen MR) is 104 cm³/mol. The second-order valence-corrected chi connectivity index (χ2v) is 8.52. The summed E-state index contributed by atoms with van der Waals surface area (Å²) in [7, 11) is 0. The molecule has 2 N–H and O–H groups in total. The minimum Gasteiger partial charge on any atom is -0.489 e. The topological polar surface area (TPSA) is 108 Å². The average Bonchev–Trinajstić information content (AvgIpc) is 2.64. The van der Waals surface area contributed by atoms with E-state index in [1.165, 1.54) is 12.4 Å². The van der Waals surface area contributed by atoms with Crippen molar-refractivity contribution in [1.82, 2.24) is 15.3 Å².